The number of nitrogens with zero attached hydrogens (tertiary/aromatic N) is 2. The summed E-state index contributed by atoms with van der Waals surface area (Å²) in [4.78, 5) is 14.8. The van der Waals surface area contributed by atoms with Gasteiger partial charge in [-0.25, -0.2) is 0 Å². The molecule has 4 rings (SSSR count). The third-order valence-electron chi connectivity index (χ3n) is 6.13. The van der Waals surface area contributed by atoms with Crippen molar-refractivity contribution in [3.63, 3.8) is 0 Å². The van der Waals surface area contributed by atoms with E-state index in [1.54, 1.807) is 6.92 Å². The van der Waals surface area contributed by atoms with Crippen molar-refractivity contribution in [1.82, 2.24) is 9.47 Å². The monoisotopic (exact) mass is 502 g/mol. The number of hydrogen-bond acceptors (Lipinski definition) is 3. The molecule has 0 bridgehead atoms. The highest BCUT2D eigenvalue weighted by molar-refractivity contribution is 9.10. The van der Waals surface area contributed by atoms with Gasteiger partial charge in [0.25, 0.3) is 0 Å². The normalized spacial score (nSPS) is 15.5. The maximum Gasteiger partial charge on any atom is 0.162 e. The SMILES string of the molecule is CC(=O)c1c(C)n(CCCN2CCC(Oc3cccc(Cl)c3)CC2)c2c(Br)cccc12. The average molecular weight is 504 g/mol. The summed E-state index contributed by atoms with van der Waals surface area (Å²) >= 11 is 9.74. The van der Waals surface area contributed by atoms with E-state index in [1.165, 1.54) is 0 Å². The molecule has 0 atom stereocenters. The van der Waals surface area contributed by atoms with E-state index >= 15 is 0 Å². The number of piperidine rings is 1. The molecule has 31 heavy (non-hydrogen) atoms. The van der Waals surface area contributed by atoms with E-state index in [9.17, 15) is 4.79 Å². The molecule has 1 fully saturated rings. The van der Waals surface area contributed by atoms with Crippen LogP contribution < -0.4 is 4.74 Å². The van der Waals surface area contributed by atoms with Crippen molar-refractivity contribution in [3.8, 4) is 5.75 Å². The fourth-order valence-corrected chi connectivity index (χ4v) is 5.41. The van der Waals surface area contributed by atoms with Gasteiger partial charge >= 0.3 is 0 Å². The molecule has 1 aliphatic rings. The molecular formula is C25H28BrClN2O2. The highest BCUT2D eigenvalue weighted by Gasteiger charge is 2.22. The number of fused-ring (bicyclic) bond motifs is 1. The van der Waals surface area contributed by atoms with Gasteiger partial charge in [0.1, 0.15) is 11.9 Å². The van der Waals surface area contributed by atoms with Crippen molar-refractivity contribution in [2.45, 2.75) is 45.8 Å². The Morgan fingerprint density at radius 2 is 1.90 bits per heavy atom. The van der Waals surface area contributed by atoms with E-state index in [2.05, 4.69) is 32.3 Å². The Labute approximate surface area is 197 Å². The number of hydrogen-bond donors (Lipinski definition) is 0. The summed E-state index contributed by atoms with van der Waals surface area (Å²) in [6, 6.07) is 13.7. The summed E-state index contributed by atoms with van der Waals surface area (Å²) < 4.78 is 9.45. The van der Waals surface area contributed by atoms with Crippen molar-refractivity contribution in [2.75, 3.05) is 19.6 Å². The van der Waals surface area contributed by atoms with Crippen LogP contribution in [-0.4, -0.2) is 41.0 Å². The number of benzene rings is 2. The lowest BCUT2D eigenvalue weighted by Gasteiger charge is -2.32. The molecule has 6 heteroatoms. The largest absolute Gasteiger partial charge is 0.490 e. The first-order valence-corrected chi connectivity index (χ1v) is 12.0. The molecule has 2 aromatic carbocycles. The number of halogens is 2. The first kappa shape index (κ1) is 22.4. The van der Waals surface area contributed by atoms with E-state index in [0.717, 1.165) is 77.8 Å². The van der Waals surface area contributed by atoms with Crippen molar-refractivity contribution >= 4 is 44.2 Å². The molecule has 0 saturated carbocycles. The quantitative estimate of drug-likeness (QED) is 0.345. The third kappa shape index (κ3) is 5.00. The first-order chi connectivity index (χ1) is 14.9. The number of ether oxygens (including phenoxy) is 1. The maximum absolute atomic E-state index is 12.3. The lowest BCUT2D eigenvalue weighted by Crippen LogP contribution is -2.39. The molecular weight excluding hydrogens is 476 g/mol. The predicted octanol–water partition coefficient (Wildman–Crippen LogP) is 6.50. The molecule has 0 unspecified atom stereocenters. The molecule has 0 aliphatic carbocycles. The van der Waals surface area contributed by atoms with Crippen molar-refractivity contribution < 1.29 is 9.53 Å². The highest BCUT2D eigenvalue weighted by atomic mass is 79.9. The Balaban J connectivity index is 1.34. The molecule has 164 valence electrons. The summed E-state index contributed by atoms with van der Waals surface area (Å²) in [5.41, 5.74) is 3.03. The Kier molecular flexibility index (Phi) is 7.05. The summed E-state index contributed by atoms with van der Waals surface area (Å²) in [7, 11) is 0. The fraction of sp³-hybridized carbons (Fsp3) is 0.400. The number of para-hydroxylation sites is 1. The van der Waals surface area contributed by atoms with Gasteiger partial charge in [-0.1, -0.05) is 29.8 Å². The number of rotatable bonds is 7. The summed E-state index contributed by atoms with van der Waals surface area (Å²) in [5, 5.41) is 1.75. The topological polar surface area (TPSA) is 34.5 Å². The van der Waals surface area contributed by atoms with Crippen LogP contribution in [0.3, 0.4) is 0 Å². The molecule has 3 aromatic rings. The van der Waals surface area contributed by atoms with Gasteiger partial charge in [0.15, 0.2) is 5.78 Å². The number of Topliss-reactive ketones (excluding diaryl/α,β-unsaturated/α-hetero) is 1. The number of likely N-dealkylation sites (tertiary alicyclic amines) is 1. The van der Waals surface area contributed by atoms with Gasteiger partial charge in [0.05, 0.1) is 5.52 Å². The van der Waals surface area contributed by atoms with Crippen LogP contribution in [-0.2, 0) is 6.54 Å². The Morgan fingerprint density at radius 1 is 1.16 bits per heavy atom. The number of ketones is 1. The number of carbonyl (C=O) groups is 1. The van der Waals surface area contributed by atoms with Gasteiger partial charge in [-0.15, -0.1) is 0 Å². The zero-order valence-electron chi connectivity index (χ0n) is 18.0. The van der Waals surface area contributed by atoms with Crippen LogP contribution >= 0.6 is 27.5 Å². The lowest BCUT2D eigenvalue weighted by atomic mass is 10.1. The molecule has 0 spiro atoms. The molecule has 1 saturated heterocycles. The minimum atomic E-state index is 0.126. The van der Waals surface area contributed by atoms with Gasteiger partial charge < -0.3 is 14.2 Å². The van der Waals surface area contributed by atoms with Crippen LogP contribution in [0.15, 0.2) is 46.9 Å². The molecule has 0 radical (unpaired) electrons. The lowest BCUT2D eigenvalue weighted by molar-refractivity contribution is 0.0993. The van der Waals surface area contributed by atoms with Gasteiger partial charge in [0, 0.05) is 45.8 Å². The van der Waals surface area contributed by atoms with Crippen LogP contribution in [0.5, 0.6) is 5.75 Å². The minimum Gasteiger partial charge on any atom is -0.490 e. The molecule has 2 heterocycles. The van der Waals surface area contributed by atoms with Gasteiger partial charge in [0.2, 0.25) is 0 Å². The molecule has 0 amide bonds. The van der Waals surface area contributed by atoms with Gasteiger partial charge in [-0.05, 0) is 79.9 Å². The van der Waals surface area contributed by atoms with E-state index < -0.39 is 0 Å². The number of aryl methyl sites for hydroxylation is 1. The van der Waals surface area contributed by atoms with E-state index in [0.29, 0.717) is 5.02 Å². The predicted molar refractivity (Wildman–Crippen MR) is 131 cm³/mol. The van der Waals surface area contributed by atoms with E-state index in [1.807, 2.05) is 42.5 Å². The standard InChI is InChI=1S/C25H28BrClN2O2/c1-17-24(18(2)30)22-8-4-9-23(26)25(22)29(17)13-5-12-28-14-10-20(11-15-28)31-21-7-3-6-19(27)16-21/h3-4,6-9,16,20H,5,10-15H2,1-2H3. The number of carbonyl (C=O) groups excluding carboxylic acids is 1. The minimum absolute atomic E-state index is 0.126. The number of aromatic nitrogens is 1. The Morgan fingerprint density at radius 3 is 2.61 bits per heavy atom. The molecule has 0 N–H and O–H groups in total. The average Bonchev–Trinajstić information content (AvgIpc) is 3.02. The summed E-state index contributed by atoms with van der Waals surface area (Å²) in [5.74, 6) is 0.980. The highest BCUT2D eigenvalue weighted by Crippen LogP contribution is 2.32. The maximum atomic E-state index is 12.3. The van der Waals surface area contributed by atoms with Crippen LogP contribution in [0.25, 0.3) is 10.9 Å². The van der Waals surface area contributed by atoms with Gasteiger partial charge in [-0.3, -0.25) is 4.79 Å². The summed E-state index contributed by atoms with van der Waals surface area (Å²) in [6.45, 7) is 7.74. The second-order valence-corrected chi connectivity index (χ2v) is 9.56. The van der Waals surface area contributed by atoms with Crippen molar-refractivity contribution in [1.29, 1.82) is 0 Å². The summed E-state index contributed by atoms with van der Waals surface area (Å²) in [6.07, 6.45) is 3.35. The van der Waals surface area contributed by atoms with E-state index in [-0.39, 0.29) is 11.9 Å². The third-order valence-corrected chi connectivity index (χ3v) is 7.01. The fourth-order valence-electron chi connectivity index (χ4n) is 4.65. The zero-order valence-corrected chi connectivity index (χ0v) is 20.4. The van der Waals surface area contributed by atoms with E-state index in [4.69, 9.17) is 16.3 Å². The van der Waals surface area contributed by atoms with Crippen LogP contribution in [0.2, 0.25) is 5.02 Å². The molecule has 1 aromatic heterocycles. The second-order valence-electron chi connectivity index (χ2n) is 8.27. The van der Waals surface area contributed by atoms with Crippen LogP contribution in [0.4, 0.5) is 0 Å². The zero-order chi connectivity index (χ0) is 22.0. The Hall–Kier alpha value is -1.82. The second kappa shape index (κ2) is 9.76. The van der Waals surface area contributed by atoms with Crippen molar-refractivity contribution in [2.24, 2.45) is 0 Å². The Bertz CT molecular complexity index is 1090. The first-order valence-electron chi connectivity index (χ1n) is 10.9. The van der Waals surface area contributed by atoms with Crippen molar-refractivity contribution in [3.05, 3.63) is 63.2 Å². The van der Waals surface area contributed by atoms with Crippen LogP contribution in [0.1, 0.15) is 42.2 Å². The van der Waals surface area contributed by atoms with Gasteiger partial charge in [-0.2, -0.15) is 0 Å². The smallest absolute Gasteiger partial charge is 0.162 e. The van der Waals surface area contributed by atoms with Crippen LogP contribution in [0, 0.1) is 6.92 Å². The molecule has 1 aliphatic heterocycles. The molecule has 4 nitrogen and oxygen atoms in total.